The predicted octanol–water partition coefficient (Wildman–Crippen LogP) is 2.53. The van der Waals surface area contributed by atoms with Crippen molar-refractivity contribution in [2.75, 3.05) is 6.61 Å². The summed E-state index contributed by atoms with van der Waals surface area (Å²) in [5, 5.41) is 5.61. The van der Waals surface area contributed by atoms with E-state index in [1.54, 1.807) is 11.1 Å². The smallest absolute Gasteiger partial charge is 0.218 e. The Bertz CT molecular complexity index is 844. The molecule has 0 aliphatic carbocycles. The highest BCUT2D eigenvalue weighted by Gasteiger charge is 2.14. The van der Waals surface area contributed by atoms with E-state index >= 15 is 0 Å². The molecule has 0 aliphatic heterocycles. The van der Waals surface area contributed by atoms with Gasteiger partial charge in [-0.25, -0.2) is 4.98 Å². The predicted molar refractivity (Wildman–Crippen MR) is 91.4 cm³/mol. The van der Waals surface area contributed by atoms with E-state index in [2.05, 4.69) is 10.1 Å². The number of benzene rings is 1. The maximum atomic E-state index is 11.6. The average molecular weight is 324 g/mol. The van der Waals surface area contributed by atoms with Crippen molar-refractivity contribution < 1.29 is 9.53 Å². The fourth-order valence-electron chi connectivity index (χ4n) is 2.76. The number of hydrogen-bond acceptors (Lipinski definition) is 4. The molecule has 0 atom stereocenters. The number of fused-ring (bicyclic) bond motifs is 1. The molecule has 0 radical (unpaired) electrons. The van der Waals surface area contributed by atoms with Crippen LogP contribution in [0.2, 0.25) is 0 Å². The molecule has 3 rings (SSSR count). The van der Waals surface area contributed by atoms with Crippen LogP contribution in [-0.2, 0) is 24.9 Å². The van der Waals surface area contributed by atoms with E-state index in [0.29, 0.717) is 25.6 Å². The lowest BCUT2D eigenvalue weighted by Gasteiger charge is -2.18. The first-order valence-electron chi connectivity index (χ1n) is 7.89. The number of hydrogen-bond donors (Lipinski definition) is 0. The molecule has 0 N–H and O–H groups in total. The summed E-state index contributed by atoms with van der Waals surface area (Å²) in [6.07, 6.45) is 2.53. The molecule has 6 heteroatoms. The lowest BCUT2D eigenvalue weighted by Crippen LogP contribution is -2.22. The molecule has 0 unspecified atom stereocenters. The molecule has 1 amide bonds. The number of nitrogens with zero attached hydrogens (tertiary/aromatic N) is 4. The standard InChI is InChI=1S/C18H20N4O2/c1-3-24-18-14(7-6-10-19-18)11-22(13-23)12-16-15-8-4-5-9-17(15)21(2)20-16/h4-10,13H,3,11-12H2,1-2H3. The van der Waals surface area contributed by atoms with E-state index in [-0.39, 0.29) is 0 Å². The number of amides is 1. The Balaban J connectivity index is 1.83. The van der Waals surface area contributed by atoms with Crippen LogP contribution in [0.1, 0.15) is 18.2 Å². The van der Waals surface area contributed by atoms with Gasteiger partial charge >= 0.3 is 0 Å². The van der Waals surface area contributed by atoms with E-state index in [1.165, 1.54) is 0 Å². The van der Waals surface area contributed by atoms with Crippen LogP contribution in [0.25, 0.3) is 10.9 Å². The third-order valence-electron chi connectivity index (χ3n) is 3.84. The van der Waals surface area contributed by atoms with Crippen LogP contribution in [-0.4, -0.2) is 32.7 Å². The number of carbonyl (C=O) groups excluding carboxylic acids is 1. The van der Waals surface area contributed by atoms with Crippen molar-refractivity contribution in [3.8, 4) is 5.88 Å². The molecule has 0 bridgehead atoms. The molecule has 0 fully saturated rings. The molecule has 124 valence electrons. The van der Waals surface area contributed by atoms with Crippen molar-refractivity contribution in [1.29, 1.82) is 0 Å². The van der Waals surface area contributed by atoms with Gasteiger partial charge in [0.15, 0.2) is 0 Å². The molecule has 0 saturated carbocycles. The fourth-order valence-corrected chi connectivity index (χ4v) is 2.76. The summed E-state index contributed by atoms with van der Waals surface area (Å²) in [5.74, 6) is 0.567. The highest BCUT2D eigenvalue weighted by atomic mass is 16.5. The molecule has 3 aromatic rings. The van der Waals surface area contributed by atoms with Gasteiger partial charge in [-0.3, -0.25) is 9.48 Å². The molecule has 24 heavy (non-hydrogen) atoms. The summed E-state index contributed by atoms with van der Waals surface area (Å²) in [6, 6.07) is 11.8. The number of aromatic nitrogens is 3. The van der Waals surface area contributed by atoms with Gasteiger partial charge in [0.25, 0.3) is 0 Å². The highest BCUT2D eigenvalue weighted by Crippen LogP contribution is 2.21. The number of rotatable bonds is 7. The van der Waals surface area contributed by atoms with Gasteiger partial charge < -0.3 is 9.64 Å². The summed E-state index contributed by atoms with van der Waals surface area (Å²) in [6.45, 7) is 3.31. The maximum absolute atomic E-state index is 11.6. The zero-order valence-electron chi connectivity index (χ0n) is 13.8. The highest BCUT2D eigenvalue weighted by molar-refractivity contribution is 5.82. The Kier molecular flexibility index (Phi) is 4.74. The second-order valence-corrected chi connectivity index (χ2v) is 5.50. The Morgan fingerprint density at radius 2 is 2.04 bits per heavy atom. The Hall–Kier alpha value is -2.89. The molecule has 2 heterocycles. The third-order valence-corrected chi connectivity index (χ3v) is 3.84. The van der Waals surface area contributed by atoms with Crippen LogP contribution >= 0.6 is 0 Å². The fraction of sp³-hybridized carbons (Fsp3) is 0.278. The number of ether oxygens (including phenoxy) is 1. The van der Waals surface area contributed by atoms with Crippen molar-refractivity contribution in [1.82, 2.24) is 19.7 Å². The van der Waals surface area contributed by atoms with Crippen molar-refractivity contribution in [3.05, 3.63) is 53.9 Å². The first-order valence-corrected chi connectivity index (χ1v) is 7.89. The SMILES string of the molecule is CCOc1ncccc1CN(C=O)Cc1nn(C)c2ccccc12. The first-order chi connectivity index (χ1) is 11.7. The minimum atomic E-state index is 0.428. The third kappa shape index (κ3) is 3.22. The van der Waals surface area contributed by atoms with Gasteiger partial charge in [-0.2, -0.15) is 5.10 Å². The van der Waals surface area contributed by atoms with Crippen LogP contribution in [0.5, 0.6) is 5.88 Å². The Labute approximate surface area is 140 Å². The normalized spacial score (nSPS) is 10.8. The first kappa shape index (κ1) is 16.0. The van der Waals surface area contributed by atoms with Crippen molar-refractivity contribution in [3.63, 3.8) is 0 Å². The monoisotopic (exact) mass is 324 g/mol. The van der Waals surface area contributed by atoms with Crippen LogP contribution in [0.15, 0.2) is 42.6 Å². The van der Waals surface area contributed by atoms with Gasteiger partial charge in [0, 0.05) is 24.2 Å². The lowest BCUT2D eigenvalue weighted by molar-refractivity contribution is -0.119. The molecule has 2 aromatic heterocycles. The van der Waals surface area contributed by atoms with Crippen LogP contribution in [0.3, 0.4) is 0 Å². The summed E-state index contributed by atoms with van der Waals surface area (Å²) < 4.78 is 7.37. The molecule has 0 saturated heterocycles. The molecule has 1 aromatic carbocycles. The summed E-state index contributed by atoms with van der Waals surface area (Å²) in [7, 11) is 1.91. The van der Waals surface area contributed by atoms with E-state index in [0.717, 1.165) is 28.6 Å². The van der Waals surface area contributed by atoms with Crippen LogP contribution < -0.4 is 4.74 Å². The minimum Gasteiger partial charge on any atom is -0.478 e. The maximum Gasteiger partial charge on any atom is 0.218 e. The molecular weight excluding hydrogens is 304 g/mol. The van der Waals surface area contributed by atoms with Gasteiger partial charge in [-0.15, -0.1) is 0 Å². The lowest BCUT2D eigenvalue weighted by atomic mass is 10.2. The zero-order valence-corrected chi connectivity index (χ0v) is 13.8. The van der Waals surface area contributed by atoms with Gasteiger partial charge in [0.05, 0.1) is 30.9 Å². The largest absolute Gasteiger partial charge is 0.478 e. The van der Waals surface area contributed by atoms with E-state index in [4.69, 9.17) is 4.74 Å². The Morgan fingerprint density at radius 3 is 2.83 bits per heavy atom. The van der Waals surface area contributed by atoms with E-state index < -0.39 is 0 Å². The van der Waals surface area contributed by atoms with E-state index in [1.807, 2.05) is 55.1 Å². The second-order valence-electron chi connectivity index (χ2n) is 5.50. The second kappa shape index (κ2) is 7.12. The Morgan fingerprint density at radius 1 is 1.21 bits per heavy atom. The van der Waals surface area contributed by atoms with Crippen LogP contribution in [0, 0.1) is 0 Å². The summed E-state index contributed by atoms with van der Waals surface area (Å²) in [4.78, 5) is 17.5. The summed E-state index contributed by atoms with van der Waals surface area (Å²) in [5.41, 5.74) is 2.81. The number of pyridine rings is 1. The van der Waals surface area contributed by atoms with Gasteiger partial charge in [0.1, 0.15) is 0 Å². The van der Waals surface area contributed by atoms with Crippen molar-refractivity contribution in [2.45, 2.75) is 20.0 Å². The van der Waals surface area contributed by atoms with Crippen molar-refractivity contribution in [2.24, 2.45) is 7.05 Å². The number of aryl methyl sites for hydroxylation is 1. The van der Waals surface area contributed by atoms with Crippen molar-refractivity contribution >= 4 is 17.3 Å². The minimum absolute atomic E-state index is 0.428. The molecular formula is C18H20N4O2. The quantitative estimate of drug-likeness (QED) is 0.627. The number of carbonyl (C=O) groups is 1. The topological polar surface area (TPSA) is 60.2 Å². The van der Waals surface area contributed by atoms with Gasteiger partial charge in [-0.1, -0.05) is 24.3 Å². The van der Waals surface area contributed by atoms with Gasteiger partial charge in [-0.05, 0) is 19.1 Å². The van der Waals surface area contributed by atoms with Gasteiger partial charge in [0.2, 0.25) is 12.3 Å². The molecule has 0 aliphatic rings. The number of para-hydroxylation sites is 1. The summed E-state index contributed by atoms with van der Waals surface area (Å²) >= 11 is 0. The van der Waals surface area contributed by atoms with Crippen LogP contribution in [0.4, 0.5) is 0 Å². The van der Waals surface area contributed by atoms with E-state index in [9.17, 15) is 4.79 Å². The average Bonchev–Trinajstić information content (AvgIpc) is 2.92. The zero-order chi connectivity index (χ0) is 16.9. The molecule has 0 spiro atoms. The molecule has 6 nitrogen and oxygen atoms in total.